The van der Waals surface area contributed by atoms with Crippen LogP contribution in [0.5, 0.6) is 0 Å². The molecule has 2 aromatic rings. The van der Waals surface area contributed by atoms with Gasteiger partial charge in [-0.1, -0.05) is 31.5 Å². The number of halogens is 1. The van der Waals surface area contributed by atoms with Crippen molar-refractivity contribution >= 4 is 40.3 Å². The number of nitrogens with one attached hydrogen (secondary N) is 1. The van der Waals surface area contributed by atoms with Crippen molar-refractivity contribution in [2.45, 2.75) is 33.6 Å². The molecule has 1 amide bonds. The molecule has 0 aliphatic rings. The lowest BCUT2D eigenvalue weighted by Crippen LogP contribution is -2.14. The molecule has 2 rings (SSSR count). The van der Waals surface area contributed by atoms with E-state index >= 15 is 0 Å². The van der Waals surface area contributed by atoms with Gasteiger partial charge in [0.25, 0.3) is 5.91 Å². The van der Waals surface area contributed by atoms with E-state index in [9.17, 15) is 9.59 Å². The van der Waals surface area contributed by atoms with Crippen LogP contribution in [0, 0.1) is 0 Å². The minimum Gasteiger partial charge on any atom is -0.321 e. The zero-order chi connectivity index (χ0) is 16.3. The molecule has 0 saturated carbocycles. The fourth-order valence-corrected chi connectivity index (χ4v) is 3.38. The van der Waals surface area contributed by atoms with Crippen molar-refractivity contribution in [1.82, 2.24) is 0 Å². The predicted molar refractivity (Wildman–Crippen MR) is 92.5 cm³/mol. The van der Waals surface area contributed by atoms with Crippen molar-refractivity contribution in [1.29, 1.82) is 0 Å². The molecule has 1 aromatic heterocycles. The van der Waals surface area contributed by atoms with E-state index in [1.165, 1.54) is 18.3 Å². The Morgan fingerprint density at radius 2 is 1.77 bits per heavy atom. The van der Waals surface area contributed by atoms with Gasteiger partial charge in [-0.25, -0.2) is 0 Å². The van der Waals surface area contributed by atoms with Gasteiger partial charge >= 0.3 is 0 Å². The summed E-state index contributed by atoms with van der Waals surface area (Å²) < 4.78 is 0. The number of benzene rings is 1. The first-order valence-electron chi connectivity index (χ1n) is 7.20. The molecule has 5 heteroatoms. The predicted octanol–water partition coefficient (Wildman–Crippen LogP) is 4.98. The number of hydrogen-bond acceptors (Lipinski definition) is 3. The SMILES string of the molecule is CCc1ccc(Cl)c(CC)c1NC(=O)c1ccc(C(C)=O)s1. The first-order valence-corrected chi connectivity index (χ1v) is 8.39. The fraction of sp³-hybridized carbons (Fsp3) is 0.294. The van der Waals surface area contributed by atoms with Crippen molar-refractivity contribution in [2.24, 2.45) is 0 Å². The number of Topliss-reactive ketones (excluding diaryl/α,β-unsaturated/α-hetero) is 1. The van der Waals surface area contributed by atoms with Crippen molar-refractivity contribution < 1.29 is 9.59 Å². The van der Waals surface area contributed by atoms with Gasteiger partial charge in [-0.3, -0.25) is 9.59 Å². The number of aryl methyl sites for hydroxylation is 1. The summed E-state index contributed by atoms with van der Waals surface area (Å²) >= 11 is 7.45. The van der Waals surface area contributed by atoms with Crippen molar-refractivity contribution in [2.75, 3.05) is 5.32 Å². The Morgan fingerprint density at radius 1 is 1.09 bits per heavy atom. The zero-order valence-electron chi connectivity index (χ0n) is 12.8. The van der Waals surface area contributed by atoms with Crippen LogP contribution >= 0.6 is 22.9 Å². The van der Waals surface area contributed by atoms with E-state index in [0.717, 1.165) is 29.7 Å². The number of amides is 1. The quantitative estimate of drug-likeness (QED) is 0.783. The van der Waals surface area contributed by atoms with Crippen LogP contribution in [0.4, 0.5) is 5.69 Å². The van der Waals surface area contributed by atoms with Crippen LogP contribution in [0.15, 0.2) is 24.3 Å². The molecule has 0 aliphatic carbocycles. The highest BCUT2D eigenvalue weighted by Crippen LogP contribution is 2.30. The molecule has 1 aromatic carbocycles. The van der Waals surface area contributed by atoms with Crippen LogP contribution in [0.1, 0.15) is 51.2 Å². The van der Waals surface area contributed by atoms with Crippen LogP contribution in [-0.4, -0.2) is 11.7 Å². The Morgan fingerprint density at radius 3 is 2.32 bits per heavy atom. The molecule has 0 aliphatic heterocycles. The number of anilines is 1. The lowest BCUT2D eigenvalue weighted by molar-refractivity contribution is 0.101. The average Bonchev–Trinajstić information content (AvgIpc) is 2.98. The van der Waals surface area contributed by atoms with Gasteiger partial charge in [-0.15, -0.1) is 11.3 Å². The Labute approximate surface area is 139 Å². The molecule has 22 heavy (non-hydrogen) atoms. The fourth-order valence-electron chi connectivity index (χ4n) is 2.29. The van der Waals surface area contributed by atoms with Gasteiger partial charge in [0.15, 0.2) is 5.78 Å². The first kappa shape index (κ1) is 16.7. The summed E-state index contributed by atoms with van der Waals surface area (Å²) in [6.07, 6.45) is 1.55. The van der Waals surface area contributed by atoms with Crippen molar-refractivity contribution in [3.63, 3.8) is 0 Å². The van der Waals surface area contributed by atoms with Gasteiger partial charge in [0.1, 0.15) is 0 Å². The third kappa shape index (κ3) is 3.39. The van der Waals surface area contributed by atoms with Gasteiger partial charge in [0.2, 0.25) is 0 Å². The zero-order valence-corrected chi connectivity index (χ0v) is 14.4. The molecule has 0 radical (unpaired) electrons. The van der Waals surface area contributed by atoms with E-state index in [2.05, 4.69) is 5.32 Å². The second-order valence-electron chi connectivity index (χ2n) is 4.94. The van der Waals surface area contributed by atoms with Gasteiger partial charge in [-0.2, -0.15) is 0 Å². The summed E-state index contributed by atoms with van der Waals surface area (Å²) in [5.74, 6) is -0.237. The molecule has 1 N–H and O–H groups in total. The second kappa shape index (κ2) is 7.07. The first-order chi connectivity index (χ1) is 10.5. The standard InChI is InChI=1S/C17H18ClNO2S/c1-4-11-6-7-13(18)12(5-2)16(11)19-17(21)15-9-8-14(22-15)10(3)20/h6-9H,4-5H2,1-3H3,(H,19,21). The number of hydrogen-bond donors (Lipinski definition) is 1. The lowest BCUT2D eigenvalue weighted by atomic mass is 10.0. The molecule has 0 unspecified atom stereocenters. The summed E-state index contributed by atoms with van der Waals surface area (Å²) in [4.78, 5) is 24.9. The molecule has 1 heterocycles. The van der Waals surface area contributed by atoms with E-state index in [1.54, 1.807) is 12.1 Å². The number of carbonyl (C=O) groups excluding carboxylic acids is 2. The van der Waals surface area contributed by atoms with E-state index < -0.39 is 0 Å². The Bertz CT molecular complexity index is 721. The van der Waals surface area contributed by atoms with Crippen LogP contribution in [0.25, 0.3) is 0 Å². The normalized spacial score (nSPS) is 10.5. The van der Waals surface area contributed by atoms with E-state index in [1.807, 2.05) is 26.0 Å². The van der Waals surface area contributed by atoms with Crippen LogP contribution < -0.4 is 5.32 Å². The monoisotopic (exact) mass is 335 g/mol. The maximum atomic E-state index is 12.4. The Balaban J connectivity index is 2.34. The molecule has 3 nitrogen and oxygen atoms in total. The van der Waals surface area contributed by atoms with Gasteiger partial charge in [0.05, 0.1) is 9.75 Å². The largest absolute Gasteiger partial charge is 0.321 e. The maximum Gasteiger partial charge on any atom is 0.265 e. The van der Waals surface area contributed by atoms with E-state index in [4.69, 9.17) is 11.6 Å². The smallest absolute Gasteiger partial charge is 0.265 e. The summed E-state index contributed by atoms with van der Waals surface area (Å²) in [5, 5.41) is 3.62. The maximum absolute atomic E-state index is 12.4. The Hall–Kier alpha value is -1.65. The highest BCUT2D eigenvalue weighted by Gasteiger charge is 2.16. The number of ketones is 1. The summed E-state index contributed by atoms with van der Waals surface area (Å²) in [6.45, 7) is 5.54. The summed E-state index contributed by atoms with van der Waals surface area (Å²) in [7, 11) is 0. The van der Waals surface area contributed by atoms with Crippen LogP contribution in [0.2, 0.25) is 5.02 Å². The molecule has 0 spiro atoms. The van der Waals surface area contributed by atoms with E-state index in [0.29, 0.717) is 14.8 Å². The highest BCUT2D eigenvalue weighted by atomic mass is 35.5. The molecular formula is C17H18ClNO2S. The minimum absolute atomic E-state index is 0.0321. The van der Waals surface area contributed by atoms with Gasteiger partial charge < -0.3 is 5.32 Å². The summed E-state index contributed by atoms with van der Waals surface area (Å²) in [5.41, 5.74) is 2.79. The third-order valence-corrected chi connectivity index (χ3v) is 5.03. The van der Waals surface area contributed by atoms with Gasteiger partial charge in [-0.05, 0) is 49.1 Å². The minimum atomic E-state index is -0.204. The topological polar surface area (TPSA) is 46.2 Å². The molecule has 0 fully saturated rings. The molecular weight excluding hydrogens is 318 g/mol. The van der Waals surface area contributed by atoms with Crippen molar-refractivity contribution in [3.05, 3.63) is 50.2 Å². The van der Waals surface area contributed by atoms with Crippen LogP contribution in [-0.2, 0) is 12.8 Å². The van der Waals surface area contributed by atoms with Crippen molar-refractivity contribution in [3.8, 4) is 0 Å². The molecule has 0 saturated heterocycles. The number of carbonyl (C=O) groups is 2. The number of rotatable bonds is 5. The molecule has 0 bridgehead atoms. The highest BCUT2D eigenvalue weighted by molar-refractivity contribution is 7.16. The van der Waals surface area contributed by atoms with E-state index in [-0.39, 0.29) is 11.7 Å². The molecule has 116 valence electrons. The van der Waals surface area contributed by atoms with Gasteiger partial charge in [0, 0.05) is 10.7 Å². The average molecular weight is 336 g/mol. The summed E-state index contributed by atoms with van der Waals surface area (Å²) in [6, 6.07) is 7.17. The Kier molecular flexibility index (Phi) is 5.37. The lowest BCUT2D eigenvalue weighted by Gasteiger charge is -2.15. The third-order valence-electron chi connectivity index (χ3n) is 3.49. The second-order valence-corrected chi connectivity index (χ2v) is 6.43. The number of thiophene rings is 1. The van der Waals surface area contributed by atoms with Crippen LogP contribution in [0.3, 0.4) is 0 Å². The molecule has 0 atom stereocenters.